The Hall–Kier alpha value is -5.12. The van der Waals surface area contributed by atoms with E-state index in [1.165, 1.54) is 62.4 Å². The number of rotatable bonds is 2. The molecule has 0 saturated heterocycles. The van der Waals surface area contributed by atoms with Crippen LogP contribution >= 0.6 is 0 Å². The fraction of sp³-hybridized carbons (Fsp3) is 0.0769. The second kappa shape index (κ2) is 7.70. The third kappa shape index (κ3) is 2.97. The average molecular weight is 486 g/mol. The standard InChI is InChI=1S/C26H18N2O8/c1-11(29)17-19-21(27(25(17)35)13-3-7-15(31)8-4-13)24(34)20-18(12(2)30)26(36)28(22(20)23(19)33)14-5-9-16(32)10-6-14/h3-10,29-32H,1-2H3/b17-11+,18-12+. The van der Waals surface area contributed by atoms with Crippen LogP contribution in [0.1, 0.15) is 13.8 Å². The molecule has 36 heavy (non-hydrogen) atoms. The van der Waals surface area contributed by atoms with E-state index in [2.05, 4.69) is 0 Å². The number of benzene rings is 2. The monoisotopic (exact) mass is 486 g/mol. The molecule has 0 bridgehead atoms. The van der Waals surface area contributed by atoms with Crippen LogP contribution in [-0.4, -0.2) is 29.6 Å². The summed E-state index contributed by atoms with van der Waals surface area (Å²) >= 11 is 0. The summed E-state index contributed by atoms with van der Waals surface area (Å²) in [6.45, 7) is 2.39. The summed E-state index contributed by atoms with van der Waals surface area (Å²) in [6, 6.07) is 10.5. The number of phenolic OH excluding ortho intramolecular Hbond substituents is 2. The van der Waals surface area contributed by atoms with Gasteiger partial charge in [0.25, 0.3) is 11.1 Å². The Kier molecular flexibility index (Phi) is 4.85. The molecule has 180 valence electrons. The number of aromatic hydroxyl groups is 2. The summed E-state index contributed by atoms with van der Waals surface area (Å²) in [5.74, 6) is -1.21. The molecular weight excluding hydrogens is 468 g/mol. The minimum absolute atomic E-state index is 0.100. The van der Waals surface area contributed by atoms with Crippen molar-refractivity contribution in [2.24, 2.45) is 0 Å². The van der Waals surface area contributed by atoms with Gasteiger partial charge in [-0.3, -0.25) is 28.3 Å². The van der Waals surface area contributed by atoms with Gasteiger partial charge in [0, 0.05) is 11.4 Å². The highest BCUT2D eigenvalue weighted by molar-refractivity contribution is 5.44. The van der Waals surface area contributed by atoms with E-state index in [4.69, 9.17) is 0 Å². The molecule has 0 spiro atoms. The van der Waals surface area contributed by atoms with E-state index < -0.39 is 43.9 Å². The number of aliphatic hydroxyl groups excluding tert-OH is 2. The Morgan fingerprint density at radius 2 is 0.889 bits per heavy atom. The van der Waals surface area contributed by atoms with Crippen molar-refractivity contribution in [2.45, 2.75) is 13.8 Å². The molecule has 0 aromatic heterocycles. The summed E-state index contributed by atoms with van der Waals surface area (Å²) in [5.41, 5.74) is -3.18. The molecule has 5 rings (SSSR count). The number of phenols is 2. The highest BCUT2D eigenvalue weighted by Gasteiger charge is 2.23. The van der Waals surface area contributed by atoms with E-state index in [0.717, 1.165) is 9.13 Å². The summed E-state index contributed by atoms with van der Waals surface area (Å²) in [4.78, 5) is 54.6. The Morgan fingerprint density at radius 3 is 1.17 bits per heavy atom. The lowest BCUT2D eigenvalue weighted by Gasteiger charge is -2.04. The van der Waals surface area contributed by atoms with Crippen molar-refractivity contribution in [1.29, 1.82) is 0 Å². The first-order valence-electron chi connectivity index (χ1n) is 10.7. The van der Waals surface area contributed by atoms with Crippen molar-refractivity contribution in [3.8, 4) is 22.9 Å². The van der Waals surface area contributed by atoms with E-state index in [0.29, 0.717) is 0 Å². The van der Waals surface area contributed by atoms with Gasteiger partial charge in [-0.25, -0.2) is 0 Å². The highest BCUT2D eigenvalue weighted by Crippen LogP contribution is 2.14. The van der Waals surface area contributed by atoms with Crippen molar-refractivity contribution < 1.29 is 20.4 Å². The number of hydrogen-bond donors (Lipinski definition) is 4. The summed E-state index contributed by atoms with van der Waals surface area (Å²) in [5, 5.41) is 37.6. The second-order valence-electron chi connectivity index (χ2n) is 8.34. The zero-order valence-corrected chi connectivity index (χ0v) is 18.9. The topological polar surface area (TPSA) is 159 Å². The molecule has 0 radical (unpaired) electrons. The SMILES string of the molecule is C/C(O)=c1/c2c(=O)c3n(-c4ccc(O)cc4)c(=O)/c(=C(\C)O)c=3c(=O)c=2n(-c2ccc(O)cc2)c1=O. The number of hydrogen-bond acceptors (Lipinski definition) is 8. The minimum atomic E-state index is -0.879. The fourth-order valence-corrected chi connectivity index (χ4v) is 4.58. The largest absolute Gasteiger partial charge is 0.512 e. The lowest BCUT2D eigenvalue weighted by atomic mass is 10.2. The van der Waals surface area contributed by atoms with Gasteiger partial charge in [0.1, 0.15) is 33.7 Å². The lowest BCUT2D eigenvalue weighted by Crippen LogP contribution is -2.33. The molecule has 0 unspecified atom stereocenters. The highest BCUT2D eigenvalue weighted by atomic mass is 16.3. The predicted molar refractivity (Wildman–Crippen MR) is 129 cm³/mol. The third-order valence-electron chi connectivity index (χ3n) is 6.08. The van der Waals surface area contributed by atoms with Gasteiger partial charge < -0.3 is 20.4 Å². The van der Waals surface area contributed by atoms with Gasteiger partial charge in [-0.15, -0.1) is 0 Å². The summed E-state index contributed by atoms with van der Waals surface area (Å²) in [6.07, 6.45) is 0. The summed E-state index contributed by atoms with van der Waals surface area (Å²) in [7, 11) is 0. The lowest BCUT2D eigenvalue weighted by molar-refractivity contribution is 0.474. The Morgan fingerprint density at radius 1 is 0.583 bits per heavy atom. The maximum Gasteiger partial charge on any atom is 0.267 e. The van der Waals surface area contributed by atoms with Gasteiger partial charge in [0.15, 0.2) is 0 Å². The quantitative estimate of drug-likeness (QED) is 0.267. The van der Waals surface area contributed by atoms with Gasteiger partial charge in [0.2, 0.25) is 10.9 Å². The van der Waals surface area contributed by atoms with Gasteiger partial charge in [-0.05, 0) is 62.4 Å². The number of aliphatic hydroxyl groups is 2. The zero-order chi connectivity index (χ0) is 26.0. The van der Waals surface area contributed by atoms with Gasteiger partial charge in [-0.1, -0.05) is 0 Å². The normalized spacial score (nSPS) is 13.4. The third-order valence-corrected chi connectivity index (χ3v) is 6.08. The molecule has 10 nitrogen and oxygen atoms in total. The first kappa shape index (κ1) is 22.7. The van der Waals surface area contributed by atoms with Crippen molar-refractivity contribution in [2.75, 3.05) is 0 Å². The first-order valence-corrected chi connectivity index (χ1v) is 10.7. The van der Waals surface area contributed by atoms with Gasteiger partial charge >= 0.3 is 0 Å². The Bertz CT molecular complexity index is 2000. The maximum absolute atomic E-state index is 13.9. The predicted octanol–water partition coefficient (Wildman–Crippen LogP) is -0.183. The van der Waals surface area contributed by atoms with Crippen LogP contribution in [0, 0.1) is 21.1 Å². The van der Waals surface area contributed by atoms with E-state index in [1.54, 1.807) is 0 Å². The smallest absolute Gasteiger partial charge is 0.267 e. The van der Waals surface area contributed by atoms with Crippen LogP contribution in [-0.2, 0) is 0 Å². The number of aromatic nitrogens is 2. The van der Waals surface area contributed by atoms with Crippen LogP contribution in [0.4, 0.5) is 0 Å². The van der Waals surface area contributed by atoms with E-state index >= 15 is 0 Å². The van der Waals surface area contributed by atoms with E-state index in [9.17, 15) is 39.6 Å². The van der Waals surface area contributed by atoms with E-state index in [1.807, 2.05) is 0 Å². The molecule has 10 heteroatoms. The minimum Gasteiger partial charge on any atom is -0.512 e. The fourth-order valence-electron chi connectivity index (χ4n) is 4.58. The first-order chi connectivity index (χ1) is 17.0. The molecule has 2 aromatic carbocycles. The van der Waals surface area contributed by atoms with Crippen LogP contribution in [0.15, 0.2) is 67.7 Å². The average Bonchev–Trinajstić information content (AvgIpc) is 3.31. The molecule has 0 atom stereocenters. The van der Waals surface area contributed by atoms with Crippen LogP contribution in [0.2, 0.25) is 0 Å². The Balaban J connectivity index is 2.20. The van der Waals surface area contributed by atoms with Crippen LogP contribution < -0.4 is 32.4 Å². The molecule has 2 heterocycles. The maximum atomic E-state index is 13.9. The molecule has 0 amide bonds. The summed E-state index contributed by atoms with van der Waals surface area (Å²) < 4.78 is 1.87. The molecule has 3 aliphatic rings. The molecule has 1 aliphatic carbocycles. The van der Waals surface area contributed by atoms with Crippen molar-refractivity contribution in [1.82, 2.24) is 9.13 Å². The molecule has 0 saturated carbocycles. The van der Waals surface area contributed by atoms with Crippen LogP contribution in [0.3, 0.4) is 0 Å². The second-order valence-corrected chi connectivity index (χ2v) is 8.34. The molecule has 2 aromatic rings. The molecular formula is C26H18N2O8. The number of nitrogens with zero attached hydrogens (tertiary/aromatic N) is 2. The van der Waals surface area contributed by atoms with Gasteiger partial charge in [-0.2, -0.15) is 0 Å². The van der Waals surface area contributed by atoms with Crippen molar-refractivity contribution in [3.05, 3.63) is 121 Å². The van der Waals surface area contributed by atoms with Gasteiger partial charge in [0.05, 0.1) is 20.9 Å². The van der Waals surface area contributed by atoms with Crippen LogP contribution in [0.5, 0.6) is 11.5 Å². The van der Waals surface area contributed by atoms with Crippen LogP contribution in [0.25, 0.3) is 22.9 Å². The van der Waals surface area contributed by atoms with E-state index in [-0.39, 0.29) is 44.0 Å². The molecule has 0 fully saturated rings. The molecule has 2 aliphatic heterocycles. The molecule has 4 N–H and O–H groups in total. The van der Waals surface area contributed by atoms with Crippen molar-refractivity contribution in [3.63, 3.8) is 0 Å². The van der Waals surface area contributed by atoms with Crippen molar-refractivity contribution >= 4 is 11.5 Å². The zero-order valence-electron chi connectivity index (χ0n) is 18.9. The Labute approximate surface area is 199 Å².